The third kappa shape index (κ3) is 3.11. The molecule has 0 radical (unpaired) electrons. The molecule has 3 nitrogen and oxygen atoms in total. The number of ether oxygens (including phenoxy) is 1. The fraction of sp³-hybridized carbons (Fsp3) is 0.455. The molecule has 0 bridgehead atoms. The average molecular weight is 299 g/mol. The van der Waals surface area contributed by atoms with E-state index < -0.39 is 37.7 Å². The lowest BCUT2D eigenvalue weighted by molar-refractivity contribution is 0.405. The van der Waals surface area contributed by atoms with E-state index in [1.807, 2.05) is 0 Å². The number of hydrogen-bond acceptors (Lipinski definition) is 3. The Kier molecular flexibility index (Phi) is 4.55. The minimum Gasteiger partial charge on any atom is -0.497 e. The van der Waals surface area contributed by atoms with Gasteiger partial charge >= 0.3 is 0 Å². The number of alkyl halides is 1. The lowest BCUT2D eigenvalue weighted by atomic mass is 10.1. The molecule has 2 atom stereocenters. The van der Waals surface area contributed by atoms with Crippen molar-refractivity contribution < 1.29 is 21.9 Å². The Morgan fingerprint density at radius 1 is 1.28 bits per heavy atom. The van der Waals surface area contributed by atoms with Crippen LogP contribution in [0.4, 0.5) is 8.78 Å². The Morgan fingerprint density at radius 3 is 2.06 bits per heavy atom. The van der Waals surface area contributed by atoms with Crippen molar-refractivity contribution >= 4 is 21.4 Å². The van der Waals surface area contributed by atoms with Gasteiger partial charge in [-0.1, -0.05) is 0 Å². The number of methoxy groups -OCH3 is 1. The molecular formula is C11H13ClF2O3S. The normalized spacial score (nSPS) is 15.2. The molecular weight excluding hydrogens is 286 g/mol. The molecule has 0 saturated heterocycles. The van der Waals surface area contributed by atoms with Crippen LogP contribution in [0.1, 0.15) is 17.9 Å². The van der Waals surface area contributed by atoms with E-state index in [-0.39, 0.29) is 5.75 Å². The molecule has 2 unspecified atom stereocenters. The van der Waals surface area contributed by atoms with Gasteiger partial charge < -0.3 is 4.74 Å². The van der Waals surface area contributed by atoms with Crippen LogP contribution in [0.3, 0.4) is 0 Å². The minimum absolute atomic E-state index is 0.00428. The highest BCUT2D eigenvalue weighted by Crippen LogP contribution is 2.34. The van der Waals surface area contributed by atoms with Crippen molar-refractivity contribution in [2.75, 3.05) is 13.4 Å². The fourth-order valence-electron chi connectivity index (χ4n) is 1.39. The van der Waals surface area contributed by atoms with Crippen LogP contribution in [0.15, 0.2) is 12.1 Å². The number of halogens is 3. The van der Waals surface area contributed by atoms with Crippen molar-refractivity contribution in [3.8, 4) is 5.75 Å². The van der Waals surface area contributed by atoms with Crippen LogP contribution in [0, 0.1) is 11.6 Å². The monoisotopic (exact) mass is 298 g/mol. The molecule has 0 aromatic heterocycles. The highest BCUT2D eigenvalue weighted by atomic mass is 35.5. The molecule has 0 aliphatic rings. The first kappa shape index (κ1) is 15.2. The van der Waals surface area contributed by atoms with E-state index >= 15 is 0 Å². The minimum atomic E-state index is -3.50. The van der Waals surface area contributed by atoms with Gasteiger partial charge in [0.05, 0.1) is 17.7 Å². The zero-order valence-corrected chi connectivity index (χ0v) is 11.6. The number of hydrogen-bond donors (Lipinski definition) is 0. The maximum absolute atomic E-state index is 13.7. The topological polar surface area (TPSA) is 43.4 Å². The summed E-state index contributed by atoms with van der Waals surface area (Å²) in [5, 5.41) is -2.40. The Bertz CT molecular complexity index is 522. The third-order valence-electron chi connectivity index (χ3n) is 2.65. The van der Waals surface area contributed by atoms with E-state index in [1.165, 1.54) is 14.0 Å². The Hall–Kier alpha value is -0.880. The van der Waals surface area contributed by atoms with Gasteiger partial charge in [-0.25, -0.2) is 17.2 Å². The van der Waals surface area contributed by atoms with Crippen LogP contribution in [0.2, 0.25) is 0 Å². The van der Waals surface area contributed by atoms with E-state index in [0.717, 1.165) is 18.4 Å². The SMILES string of the molecule is COc1cc(F)c(C(Cl)C(C)S(C)(=O)=O)c(F)c1. The van der Waals surface area contributed by atoms with Gasteiger partial charge in [-0.3, -0.25) is 0 Å². The predicted octanol–water partition coefficient (Wildman–Crippen LogP) is 2.69. The summed E-state index contributed by atoms with van der Waals surface area (Å²) in [7, 11) is -2.23. The Balaban J connectivity index is 3.26. The molecule has 1 rings (SSSR count). The highest BCUT2D eigenvalue weighted by molar-refractivity contribution is 7.91. The molecule has 0 spiro atoms. The molecule has 0 N–H and O–H groups in total. The first-order chi connectivity index (χ1) is 8.18. The van der Waals surface area contributed by atoms with E-state index in [4.69, 9.17) is 16.3 Å². The van der Waals surface area contributed by atoms with E-state index in [1.54, 1.807) is 0 Å². The summed E-state index contributed by atoms with van der Waals surface area (Å²) in [4.78, 5) is 0. The largest absolute Gasteiger partial charge is 0.497 e. The Morgan fingerprint density at radius 2 is 1.72 bits per heavy atom. The summed E-state index contributed by atoms with van der Waals surface area (Å²) in [6.07, 6.45) is 0.965. The third-order valence-corrected chi connectivity index (χ3v) is 5.02. The predicted molar refractivity (Wildman–Crippen MR) is 65.8 cm³/mol. The van der Waals surface area contributed by atoms with Crippen LogP contribution in [-0.2, 0) is 9.84 Å². The standard InChI is InChI=1S/C11H13ClF2O3S/c1-6(18(3,15)16)11(12)10-8(13)4-7(17-2)5-9(10)14/h4-6,11H,1-3H3. The van der Waals surface area contributed by atoms with E-state index in [9.17, 15) is 17.2 Å². The number of benzene rings is 1. The molecule has 0 heterocycles. The van der Waals surface area contributed by atoms with Gasteiger partial charge in [0, 0.05) is 24.0 Å². The van der Waals surface area contributed by atoms with Crippen molar-refractivity contribution in [3.05, 3.63) is 29.3 Å². The smallest absolute Gasteiger partial charge is 0.151 e. The molecule has 0 aliphatic heterocycles. The lowest BCUT2D eigenvalue weighted by Crippen LogP contribution is -2.22. The van der Waals surface area contributed by atoms with Crippen LogP contribution in [-0.4, -0.2) is 27.0 Å². The maximum Gasteiger partial charge on any atom is 0.151 e. The zero-order valence-electron chi connectivity index (χ0n) is 10.1. The van der Waals surface area contributed by atoms with Crippen molar-refractivity contribution in [3.63, 3.8) is 0 Å². The van der Waals surface area contributed by atoms with Crippen LogP contribution < -0.4 is 4.74 Å². The summed E-state index contributed by atoms with van der Waals surface area (Å²) in [5.41, 5.74) is -0.463. The molecule has 0 saturated carbocycles. The molecule has 1 aromatic carbocycles. The molecule has 0 amide bonds. The average Bonchev–Trinajstić information content (AvgIpc) is 2.25. The van der Waals surface area contributed by atoms with Gasteiger partial charge in [-0.15, -0.1) is 11.6 Å². The number of sulfone groups is 1. The summed E-state index contributed by atoms with van der Waals surface area (Å²) in [6, 6.07) is 1.92. The van der Waals surface area contributed by atoms with Gasteiger partial charge in [0.1, 0.15) is 17.4 Å². The summed E-state index contributed by atoms with van der Waals surface area (Å²) >= 11 is 5.85. The molecule has 7 heteroatoms. The van der Waals surface area contributed by atoms with E-state index in [2.05, 4.69) is 0 Å². The second-order valence-corrected chi connectivity index (χ2v) is 6.81. The van der Waals surface area contributed by atoms with Gasteiger partial charge in [-0.2, -0.15) is 0 Å². The lowest BCUT2D eigenvalue weighted by Gasteiger charge is -2.18. The van der Waals surface area contributed by atoms with Crippen LogP contribution >= 0.6 is 11.6 Å². The van der Waals surface area contributed by atoms with Crippen molar-refractivity contribution in [2.45, 2.75) is 17.6 Å². The highest BCUT2D eigenvalue weighted by Gasteiger charge is 2.30. The first-order valence-corrected chi connectivity index (χ1v) is 7.43. The molecule has 18 heavy (non-hydrogen) atoms. The summed E-state index contributed by atoms with van der Waals surface area (Å²) < 4.78 is 54.8. The number of rotatable bonds is 4. The van der Waals surface area contributed by atoms with Crippen molar-refractivity contribution in [1.29, 1.82) is 0 Å². The van der Waals surface area contributed by atoms with Gasteiger partial charge in [0.2, 0.25) is 0 Å². The van der Waals surface area contributed by atoms with Crippen molar-refractivity contribution in [1.82, 2.24) is 0 Å². The van der Waals surface area contributed by atoms with Gasteiger partial charge in [0.15, 0.2) is 9.84 Å². The maximum atomic E-state index is 13.7. The van der Waals surface area contributed by atoms with E-state index in [0.29, 0.717) is 0 Å². The first-order valence-electron chi connectivity index (χ1n) is 5.04. The summed E-state index contributed by atoms with van der Waals surface area (Å²) in [5.74, 6) is -1.85. The molecule has 102 valence electrons. The van der Waals surface area contributed by atoms with Crippen LogP contribution in [0.5, 0.6) is 5.75 Å². The second kappa shape index (κ2) is 5.40. The molecule has 1 aromatic rings. The van der Waals surface area contributed by atoms with Gasteiger partial charge in [-0.05, 0) is 6.92 Å². The zero-order chi connectivity index (χ0) is 14.1. The molecule has 0 fully saturated rings. The fourth-order valence-corrected chi connectivity index (χ4v) is 2.73. The van der Waals surface area contributed by atoms with Crippen LogP contribution in [0.25, 0.3) is 0 Å². The second-order valence-electron chi connectivity index (χ2n) is 3.94. The Labute approximate surface area is 110 Å². The molecule has 0 aliphatic carbocycles. The van der Waals surface area contributed by atoms with Crippen molar-refractivity contribution in [2.24, 2.45) is 0 Å². The van der Waals surface area contributed by atoms with Gasteiger partial charge in [0.25, 0.3) is 0 Å². The summed E-state index contributed by atoms with van der Waals surface area (Å²) in [6.45, 7) is 1.30. The quantitative estimate of drug-likeness (QED) is 0.803.